The van der Waals surface area contributed by atoms with Crippen molar-refractivity contribution in [3.05, 3.63) is 36.0 Å². The summed E-state index contributed by atoms with van der Waals surface area (Å²) < 4.78 is 0. The summed E-state index contributed by atoms with van der Waals surface area (Å²) in [6.45, 7) is 0.165. The standard InChI is InChI=1S/C26H38N8O7S/c1-42-10-8-18(32-22(37)16(27)12-21(35)36)23(38)34-20(11-14-13-31-17-6-3-2-5-15(14)17)24(39)33-19(25(40)41)7-4-9-30-26(28)29/h2-3,5-6,13,16,18-20,31H,4,7-12,27H2,1H3,(H,32,37)(H,33,39)(H,34,38)(H,35,36)(H,40,41)(H4,28,29,30). The molecule has 0 radical (unpaired) electrons. The number of carbonyl (C=O) groups excluding carboxylic acids is 3. The van der Waals surface area contributed by atoms with Gasteiger partial charge >= 0.3 is 11.9 Å². The summed E-state index contributed by atoms with van der Waals surface area (Å²) in [7, 11) is 0. The van der Waals surface area contributed by atoms with Gasteiger partial charge in [-0.2, -0.15) is 11.8 Å². The molecule has 1 aromatic carbocycles. The van der Waals surface area contributed by atoms with Gasteiger partial charge in [0.1, 0.15) is 18.1 Å². The highest BCUT2D eigenvalue weighted by molar-refractivity contribution is 7.98. The lowest BCUT2D eigenvalue weighted by atomic mass is 10.0. The van der Waals surface area contributed by atoms with E-state index in [9.17, 15) is 29.1 Å². The number of hydrogen-bond donors (Lipinski definition) is 9. The fourth-order valence-electron chi connectivity index (χ4n) is 4.10. The van der Waals surface area contributed by atoms with Crippen LogP contribution in [0.25, 0.3) is 10.9 Å². The van der Waals surface area contributed by atoms with Gasteiger partial charge in [-0.3, -0.25) is 24.2 Å². The van der Waals surface area contributed by atoms with Gasteiger partial charge in [-0.15, -0.1) is 0 Å². The van der Waals surface area contributed by atoms with Crippen molar-refractivity contribution in [2.75, 3.05) is 18.6 Å². The quantitative estimate of drug-likeness (QED) is 0.0556. The number of thioether (sulfide) groups is 1. The normalized spacial score (nSPS) is 13.8. The molecule has 42 heavy (non-hydrogen) atoms. The van der Waals surface area contributed by atoms with Crippen LogP contribution in [0.3, 0.4) is 0 Å². The van der Waals surface area contributed by atoms with Crippen molar-refractivity contribution in [1.29, 1.82) is 0 Å². The van der Waals surface area contributed by atoms with Crippen molar-refractivity contribution in [3.63, 3.8) is 0 Å². The number of nitrogens with zero attached hydrogens (tertiary/aromatic N) is 1. The first-order chi connectivity index (χ1) is 19.9. The predicted molar refractivity (Wildman–Crippen MR) is 159 cm³/mol. The highest BCUT2D eigenvalue weighted by atomic mass is 32.2. The van der Waals surface area contributed by atoms with Crippen LogP contribution in [0.4, 0.5) is 0 Å². The lowest BCUT2D eigenvalue weighted by Gasteiger charge is -2.25. The maximum atomic E-state index is 13.4. The predicted octanol–water partition coefficient (Wildman–Crippen LogP) is -1.14. The van der Waals surface area contributed by atoms with Crippen molar-refractivity contribution in [3.8, 4) is 0 Å². The lowest BCUT2D eigenvalue weighted by molar-refractivity contribution is -0.142. The highest BCUT2D eigenvalue weighted by Gasteiger charge is 2.31. The Labute approximate surface area is 246 Å². The summed E-state index contributed by atoms with van der Waals surface area (Å²) in [5.41, 5.74) is 17.8. The van der Waals surface area contributed by atoms with Crippen LogP contribution in [-0.4, -0.2) is 93.5 Å². The Kier molecular flexibility index (Phi) is 13.6. The lowest BCUT2D eigenvalue weighted by Crippen LogP contribution is -2.57. The molecule has 0 aliphatic rings. The number of aromatic nitrogens is 1. The van der Waals surface area contributed by atoms with Crippen molar-refractivity contribution in [2.24, 2.45) is 22.2 Å². The van der Waals surface area contributed by atoms with Gasteiger partial charge in [-0.25, -0.2) is 4.79 Å². The number of carbonyl (C=O) groups is 5. The second-order valence-corrected chi connectivity index (χ2v) is 10.5. The van der Waals surface area contributed by atoms with Crippen LogP contribution < -0.4 is 33.2 Å². The van der Waals surface area contributed by atoms with Crippen LogP contribution in [0, 0.1) is 0 Å². The maximum Gasteiger partial charge on any atom is 0.326 e. The zero-order valence-electron chi connectivity index (χ0n) is 23.2. The summed E-state index contributed by atoms with van der Waals surface area (Å²) in [6.07, 6.45) is 3.34. The van der Waals surface area contributed by atoms with E-state index in [0.717, 1.165) is 10.9 Å². The molecule has 12 N–H and O–H groups in total. The number of nitrogens with one attached hydrogen (secondary N) is 4. The van der Waals surface area contributed by atoms with E-state index in [0.29, 0.717) is 11.3 Å². The number of fused-ring (bicyclic) bond motifs is 1. The van der Waals surface area contributed by atoms with Crippen molar-refractivity contribution in [1.82, 2.24) is 20.9 Å². The molecule has 0 aliphatic heterocycles. The van der Waals surface area contributed by atoms with Gasteiger partial charge in [-0.1, -0.05) is 18.2 Å². The third kappa shape index (κ3) is 10.9. The Balaban J connectivity index is 2.29. The highest BCUT2D eigenvalue weighted by Crippen LogP contribution is 2.19. The topological polar surface area (TPSA) is 268 Å². The SMILES string of the molecule is CSCCC(NC(=O)C(N)CC(=O)O)C(=O)NC(Cc1c[nH]c2ccccc12)C(=O)NC(CCCN=C(N)N)C(=O)O. The molecular weight excluding hydrogens is 568 g/mol. The second kappa shape index (κ2) is 16.8. The first-order valence-corrected chi connectivity index (χ1v) is 14.5. The molecule has 0 saturated carbocycles. The average Bonchev–Trinajstić information content (AvgIpc) is 3.34. The van der Waals surface area contributed by atoms with E-state index in [1.165, 1.54) is 11.8 Å². The number of benzene rings is 1. The number of H-pyrrole nitrogens is 1. The number of aromatic amines is 1. The van der Waals surface area contributed by atoms with Gasteiger partial charge in [0.05, 0.1) is 12.5 Å². The van der Waals surface area contributed by atoms with Gasteiger partial charge in [0.15, 0.2) is 5.96 Å². The molecule has 16 heteroatoms. The van der Waals surface area contributed by atoms with Crippen LogP contribution in [0.15, 0.2) is 35.5 Å². The number of para-hydroxylation sites is 1. The maximum absolute atomic E-state index is 13.4. The third-order valence-corrected chi connectivity index (χ3v) is 6.91. The monoisotopic (exact) mass is 606 g/mol. The zero-order chi connectivity index (χ0) is 31.2. The molecular formula is C26H38N8O7S. The van der Waals surface area contributed by atoms with Gasteiger partial charge in [-0.05, 0) is 42.9 Å². The summed E-state index contributed by atoms with van der Waals surface area (Å²) in [5.74, 6) is -4.52. The Morgan fingerprint density at radius 1 is 0.952 bits per heavy atom. The number of guanidine groups is 1. The number of amides is 3. The fourth-order valence-corrected chi connectivity index (χ4v) is 4.57. The summed E-state index contributed by atoms with van der Waals surface area (Å²) in [5, 5.41) is 27.1. The van der Waals surface area contributed by atoms with Crippen molar-refractivity contribution < 1.29 is 34.2 Å². The molecule has 3 amide bonds. The third-order valence-electron chi connectivity index (χ3n) is 6.27. The summed E-state index contributed by atoms with van der Waals surface area (Å²) in [6, 6.07) is 2.32. The number of aliphatic imine (C=N–C) groups is 1. The van der Waals surface area contributed by atoms with Gasteiger partial charge < -0.3 is 48.3 Å². The minimum Gasteiger partial charge on any atom is -0.481 e. The molecule has 0 spiro atoms. The molecule has 0 bridgehead atoms. The van der Waals surface area contributed by atoms with E-state index in [1.54, 1.807) is 12.5 Å². The van der Waals surface area contributed by atoms with Crippen LogP contribution in [0.5, 0.6) is 0 Å². The van der Waals surface area contributed by atoms with E-state index in [-0.39, 0.29) is 38.2 Å². The van der Waals surface area contributed by atoms with Crippen LogP contribution in [-0.2, 0) is 30.4 Å². The van der Waals surface area contributed by atoms with Crippen LogP contribution >= 0.6 is 11.8 Å². The van der Waals surface area contributed by atoms with E-state index in [2.05, 4.69) is 25.9 Å². The Morgan fingerprint density at radius 2 is 1.60 bits per heavy atom. The molecule has 2 rings (SSSR count). The minimum atomic E-state index is -1.38. The van der Waals surface area contributed by atoms with E-state index >= 15 is 0 Å². The minimum absolute atomic E-state index is 0.00362. The van der Waals surface area contributed by atoms with Crippen LogP contribution in [0.1, 0.15) is 31.2 Å². The van der Waals surface area contributed by atoms with Gasteiger partial charge in [0.25, 0.3) is 0 Å². The van der Waals surface area contributed by atoms with Gasteiger partial charge in [0.2, 0.25) is 17.7 Å². The number of aliphatic carboxylic acids is 2. The van der Waals surface area contributed by atoms with Gasteiger partial charge in [0, 0.05) is 30.1 Å². The number of hydrogen-bond acceptors (Lipinski definition) is 8. The molecule has 1 heterocycles. The first-order valence-electron chi connectivity index (χ1n) is 13.1. The first kappa shape index (κ1) is 33.9. The second-order valence-electron chi connectivity index (χ2n) is 9.52. The Bertz CT molecular complexity index is 1280. The molecule has 1 aromatic heterocycles. The molecule has 0 aliphatic carbocycles. The Hall–Kier alpha value is -4.31. The largest absolute Gasteiger partial charge is 0.481 e. The van der Waals surface area contributed by atoms with Crippen molar-refractivity contribution in [2.45, 2.75) is 56.3 Å². The van der Waals surface area contributed by atoms with E-state index in [4.69, 9.17) is 22.3 Å². The molecule has 0 fully saturated rings. The van der Waals surface area contributed by atoms with E-state index < -0.39 is 60.2 Å². The number of rotatable bonds is 18. The average molecular weight is 607 g/mol. The Morgan fingerprint density at radius 3 is 2.24 bits per heavy atom. The molecule has 2 aromatic rings. The van der Waals surface area contributed by atoms with Crippen molar-refractivity contribution >= 4 is 58.3 Å². The summed E-state index contributed by atoms with van der Waals surface area (Å²) >= 11 is 1.42. The number of carboxylic acid groups (broad SMARTS) is 2. The molecule has 4 unspecified atom stereocenters. The number of nitrogens with two attached hydrogens (primary N) is 3. The number of carboxylic acids is 2. The molecule has 0 saturated heterocycles. The summed E-state index contributed by atoms with van der Waals surface area (Å²) in [4.78, 5) is 69.1. The van der Waals surface area contributed by atoms with Crippen LogP contribution in [0.2, 0.25) is 0 Å². The fraction of sp³-hybridized carbons (Fsp3) is 0.462. The molecule has 15 nitrogen and oxygen atoms in total. The van der Waals surface area contributed by atoms with E-state index in [1.807, 2.05) is 24.3 Å². The zero-order valence-corrected chi connectivity index (χ0v) is 24.0. The smallest absolute Gasteiger partial charge is 0.326 e. The molecule has 230 valence electrons. The molecule has 4 atom stereocenters.